The second-order valence-electron chi connectivity index (χ2n) is 41.8. The van der Waals surface area contributed by atoms with Crippen LogP contribution in [0.3, 0.4) is 0 Å². The number of anilines is 3. The van der Waals surface area contributed by atoms with Crippen LogP contribution >= 0.6 is 34.8 Å². The number of benzene rings is 9. The van der Waals surface area contributed by atoms with E-state index in [4.69, 9.17) is 34.8 Å². The molecule has 10 N–H and O–H groups in total. The molecular weight excluding hydrogens is 1910 g/mol. The highest BCUT2D eigenvalue weighted by molar-refractivity contribution is 6.31. The molecule has 5 heterocycles. The summed E-state index contributed by atoms with van der Waals surface area (Å²) in [6.45, 7) is 35.3. The fraction of sp³-hybridized carbons (Fsp3) is 0.462. The number of amides is 15. The van der Waals surface area contributed by atoms with E-state index in [1.54, 1.807) is 0 Å². The highest BCUT2D eigenvalue weighted by atomic mass is 35.5. The monoisotopic (exact) mass is 2060 g/mol. The van der Waals surface area contributed by atoms with Crippen molar-refractivity contribution in [2.24, 2.45) is 29.6 Å². The molecule has 15 rings (SSSR count). The second-order valence-corrected chi connectivity index (χ2v) is 43.1. The molecule has 788 valence electrons. The molecule has 6 fully saturated rings. The molecular formula is C119H156Cl3N15O10. The van der Waals surface area contributed by atoms with Crippen molar-refractivity contribution in [1.82, 2.24) is 61.7 Å². The quantitative estimate of drug-likeness (QED) is 0.0244. The molecule has 147 heavy (non-hydrogen) atoms. The number of aryl methyl sites for hydroxylation is 4. The minimum atomic E-state index is -0.555. The Bertz CT molecular complexity index is 5660. The summed E-state index contributed by atoms with van der Waals surface area (Å²) < 4.78 is 0. The van der Waals surface area contributed by atoms with Gasteiger partial charge >= 0.3 is 30.2 Å². The molecule has 1 aliphatic carbocycles. The standard InChI is InChI=1S/C25H33N3O2.2C24H30ClN3O2.C23H28ClN3O2.C23H35N3O2/c1-18(2)23(27-25(30)26-17-20-7-5-4-6-8-20)24(29)28-15-13-22(14-16-28)21-11-9-19(3)10-12-21;1-16(2)22(27-24(30)26-21-6-4-5-17(3)15-21)23(29)28-13-11-19(12-14-28)18-7-9-20(25)10-8-18;1-16(2)22(27-24(30)26-21-7-5-4-6-17(21)3)23(29)28-14-12-19(13-15-28)18-8-10-20(25)11-9-18;1-16(2)21(26-23(29)25-20-6-4-3-5-7-20)22(28)27-14-12-18(13-15-27)17-8-10-19(24)11-9-17;1-16(2)21(25-23(28)24-20-6-4-5-7-20)22(27)26-14-12-19(13-15-26)18-10-8-17(3)9-11-18/h4-12,18,22-23H,13-17H2,1-3H3,(H2,26,27,30);4-10,15-16,19,22H,11-14H2,1-3H3,(H2,26,27,30);4-11,16,19,22H,12-15H2,1-3H3,(H2,26,27,30);3-11,16,18,21H,12-15H2,1-2H3,(H2,25,26,29);8-11,16,19-21H,4-7,12-15H2,1-3H3,(H2,24,25,28)/t23-;2*22-;2*21-/m11111/s1. The highest BCUT2D eigenvalue weighted by Crippen LogP contribution is 2.36. The lowest BCUT2D eigenvalue weighted by Gasteiger charge is -2.35. The Hall–Kier alpha value is -12.5. The van der Waals surface area contributed by atoms with Crippen molar-refractivity contribution in [3.05, 3.63) is 301 Å². The fourth-order valence-electron chi connectivity index (χ4n) is 19.9. The second kappa shape index (κ2) is 57.8. The number of rotatable bonds is 26. The van der Waals surface area contributed by atoms with Crippen LogP contribution < -0.4 is 53.2 Å². The minimum Gasteiger partial charge on any atom is -0.341 e. The van der Waals surface area contributed by atoms with Gasteiger partial charge in [0.15, 0.2) is 0 Å². The van der Waals surface area contributed by atoms with Crippen LogP contribution in [0.1, 0.15) is 244 Å². The summed E-state index contributed by atoms with van der Waals surface area (Å²) in [6, 6.07) is 71.5. The molecule has 6 aliphatic rings. The molecule has 25 nitrogen and oxygen atoms in total. The van der Waals surface area contributed by atoms with Crippen LogP contribution in [0.5, 0.6) is 0 Å². The zero-order valence-electron chi connectivity index (χ0n) is 88.3. The Morgan fingerprint density at radius 3 is 0.864 bits per heavy atom. The van der Waals surface area contributed by atoms with E-state index in [0.29, 0.717) is 86.8 Å². The maximum Gasteiger partial charge on any atom is 0.319 e. The highest BCUT2D eigenvalue weighted by Gasteiger charge is 2.39. The summed E-state index contributed by atoms with van der Waals surface area (Å²) in [4.78, 5) is 137. The molecule has 0 unspecified atom stereocenters. The van der Waals surface area contributed by atoms with Crippen molar-refractivity contribution in [2.45, 2.75) is 259 Å². The number of hydrogen-bond acceptors (Lipinski definition) is 10. The number of nitrogens with zero attached hydrogens (tertiary/aromatic N) is 5. The first-order chi connectivity index (χ1) is 70.5. The normalized spacial score (nSPS) is 16.5. The van der Waals surface area contributed by atoms with Gasteiger partial charge in [-0.25, -0.2) is 24.0 Å². The first-order valence-electron chi connectivity index (χ1n) is 52.9. The minimum absolute atomic E-state index is 0.00184. The maximum atomic E-state index is 13.1. The van der Waals surface area contributed by atoms with Gasteiger partial charge < -0.3 is 77.7 Å². The molecule has 15 amide bonds. The van der Waals surface area contributed by atoms with Crippen molar-refractivity contribution < 1.29 is 47.9 Å². The molecule has 5 aliphatic heterocycles. The van der Waals surface area contributed by atoms with E-state index >= 15 is 0 Å². The van der Waals surface area contributed by atoms with Crippen LogP contribution in [0.4, 0.5) is 41.0 Å². The van der Waals surface area contributed by atoms with Gasteiger partial charge in [0.05, 0.1) is 0 Å². The third-order valence-corrected chi connectivity index (χ3v) is 29.7. The van der Waals surface area contributed by atoms with Crippen molar-refractivity contribution in [1.29, 1.82) is 0 Å². The molecule has 5 atom stereocenters. The number of likely N-dealkylation sites (tertiary alicyclic amines) is 5. The lowest BCUT2D eigenvalue weighted by atomic mass is 9.88. The van der Waals surface area contributed by atoms with Crippen molar-refractivity contribution in [3.8, 4) is 0 Å². The SMILES string of the molecule is CC(C)[C@@H](NC(=O)Nc1ccccc1)C(=O)N1CCC(c2ccc(Cl)cc2)CC1.Cc1ccc(C2CCN(C(=O)[C@H](NC(=O)NC3CCCC3)C(C)C)CC2)cc1.Cc1ccc(C2CCN(C(=O)[C@H](NC(=O)NCc3ccccc3)C(C)C)CC2)cc1.Cc1cccc(NC(=O)N[C@@H](C(=O)N2CCC(c3ccc(Cl)cc3)CC2)C(C)C)c1.Cc1ccccc1NC(=O)N[C@@H](C(=O)N1CCC(c2ccc(Cl)cc2)CC1)C(C)C. The average molecular weight is 2060 g/mol. The van der Waals surface area contributed by atoms with Crippen molar-refractivity contribution in [2.75, 3.05) is 81.4 Å². The van der Waals surface area contributed by atoms with Gasteiger partial charge in [0, 0.05) is 110 Å². The molecule has 0 aromatic heterocycles. The van der Waals surface area contributed by atoms with E-state index in [-0.39, 0.29) is 95.3 Å². The number of para-hydroxylation sites is 2. The van der Waals surface area contributed by atoms with Gasteiger partial charge in [-0.3, -0.25) is 24.0 Å². The number of hydrogen-bond donors (Lipinski definition) is 10. The Morgan fingerprint density at radius 1 is 0.279 bits per heavy atom. The van der Waals surface area contributed by atoms with E-state index in [1.165, 1.54) is 51.8 Å². The fourth-order valence-corrected chi connectivity index (χ4v) is 20.3. The van der Waals surface area contributed by atoms with Crippen LogP contribution in [0, 0.1) is 57.3 Å². The molecule has 0 bridgehead atoms. The summed E-state index contributed by atoms with van der Waals surface area (Å²) in [5.41, 5.74) is 14.3. The zero-order chi connectivity index (χ0) is 106. The van der Waals surface area contributed by atoms with Crippen LogP contribution in [0.2, 0.25) is 15.1 Å². The molecule has 5 saturated heterocycles. The number of carbonyl (C=O) groups excluding carboxylic acids is 10. The Morgan fingerprint density at radius 2 is 0.551 bits per heavy atom. The zero-order valence-corrected chi connectivity index (χ0v) is 90.6. The van der Waals surface area contributed by atoms with Gasteiger partial charge in [-0.1, -0.05) is 292 Å². The van der Waals surface area contributed by atoms with Gasteiger partial charge in [-0.15, -0.1) is 0 Å². The van der Waals surface area contributed by atoms with Crippen LogP contribution in [-0.4, -0.2) is 186 Å². The Kier molecular flexibility index (Phi) is 45.1. The third kappa shape index (κ3) is 36.2. The van der Waals surface area contributed by atoms with Crippen LogP contribution in [-0.2, 0) is 30.5 Å². The van der Waals surface area contributed by atoms with E-state index in [9.17, 15) is 47.9 Å². The predicted octanol–water partition coefficient (Wildman–Crippen LogP) is 23.5. The Balaban J connectivity index is 0.000000175. The molecule has 1 saturated carbocycles. The largest absolute Gasteiger partial charge is 0.341 e. The first kappa shape index (κ1) is 115. The average Bonchev–Trinajstić information content (AvgIpc) is 1.21. The number of halogens is 3. The smallest absolute Gasteiger partial charge is 0.319 e. The lowest BCUT2D eigenvalue weighted by molar-refractivity contribution is -0.136. The molecule has 9 aromatic carbocycles. The maximum absolute atomic E-state index is 13.1. The molecule has 9 aromatic rings. The van der Waals surface area contributed by atoms with Crippen LogP contribution in [0.15, 0.2) is 231 Å². The van der Waals surface area contributed by atoms with Gasteiger partial charge in [0.25, 0.3) is 0 Å². The van der Waals surface area contributed by atoms with Gasteiger partial charge in [-0.2, -0.15) is 0 Å². The van der Waals surface area contributed by atoms with Gasteiger partial charge in [0.2, 0.25) is 29.5 Å². The molecule has 0 spiro atoms. The third-order valence-electron chi connectivity index (χ3n) is 28.9. The number of nitrogens with one attached hydrogen (secondary N) is 10. The first-order valence-corrected chi connectivity index (χ1v) is 54.0. The summed E-state index contributed by atoms with van der Waals surface area (Å²) in [5, 5.41) is 31.0. The summed E-state index contributed by atoms with van der Waals surface area (Å²) in [6.07, 6.45) is 13.8. The van der Waals surface area contributed by atoms with Crippen molar-refractivity contribution in [3.63, 3.8) is 0 Å². The Labute approximate surface area is 886 Å². The van der Waals surface area contributed by atoms with Crippen molar-refractivity contribution >= 4 is 112 Å². The van der Waals surface area contributed by atoms with E-state index in [1.807, 2.05) is 253 Å². The number of carbonyl (C=O) groups is 10. The molecule has 28 heteroatoms. The van der Waals surface area contributed by atoms with Gasteiger partial charge in [-0.05, 0) is 275 Å². The topological polar surface area (TPSA) is 307 Å². The number of piperidine rings is 5. The number of urea groups is 5. The summed E-state index contributed by atoms with van der Waals surface area (Å²) in [5.74, 6) is 2.41. The van der Waals surface area contributed by atoms with E-state index < -0.39 is 30.2 Å². The molecule has 0 radical (unpaired) electrons. The summed E-state index contributed by atoms with van der Waals surface area (Å²) >= 11 is 18.0. The predicted molar refractivity (Wildman–Crippen MR) is 594 cm³/mol. The lowest BCUT2D eigenvalue weighted by Crippen LogP contribution is -2.55. The van der Waals surface area contributed by atoms with E-state index in [0.717, 1.165) is 141 Å². The van der Waals surface area contributed by atoms with E-state index in [2.05, 4.69) is 152 Å². The van der Waals surface area contributed by atoms with Gasteiger partial charge in [0.1, 0.15) is 30.2 Å². The van der Waals surface area contributed by atoms with Crippen LogP contribution in [0.25, 0.3) is 0 Å². The summed E-state index contributed by atoms with van der Waals surface area (Å²) in [7, 11) is 0.